The van der Waals surface area contributed by atoms with Crippen molar-refractivity contribution in [1.29, 1.82) is 0 Å². The first-order valence-electron chi connectivity index (χ1n) is 9.86. The highest BCUT2D eigenvalue weighted by molar-refractivity contribution is 7.92. The second-order valence-electron chi connectivity index (χ2n) is 7.42. The Morgan fingerprint density at radius 3 is 2.37 bits per heavy atom. The summed E-state index contributed by atoms with van der Waals surface area (Å²) in [6.45, 7) is 5.82. The zero-order valence-corrected chi connectivity index (χ0v) is 18.6. The molecule has 0 aliphatic carbocycles. The predicted octanol–water partition coefficient (Wildman–Crippen LogP) is 3.52. The minimum absolute atomic E-state index is 0.115. The van der Waals surface area contributed by atoms with E-state index in [0.717, 1.165) is 34.4 Å². The molecule has 2 aromatic carbocycles. The quantitative estimate of drug-likeness (QED) is 0.578. The molecule has 2 aromatic rings. The van der Waals surface area contributed by atoms with Crippen molar-refractivity contribution in [2.45, 2.75) is 45.8 Å². The predicted molar refractivity (Wildman–Crippen MR) is 117 cm³/mol. The van der Waals surface area contributed by atoms with Gasteiger partial charge >= 0.3 is 0 Å². The lowest BCUT2D eigenvalue weighted by atomic mass is 10.1. The smallest absolute Gasteiger partial charge is 0.243 e. The SMILES string of the molecule is CC(C)Oc1ccc(CCCNC(=O)[C@H](C)N(c2cccc(F)c2)S(C)(=O)=O)cc1. The molecule has 2 rings (SSSR count). The van der Waals surface area contributed by atoms with Crippen LogP contribution in [0.15, 0.2) is 48.5 Å². The average molecular weight is 437 g/mol. The molecule has 1 N–H and O–H groups in total. The van der Waals surface area contributed by atoms with Gasteiger partial charge in [0, 0.05) is 6.54 Å². The first-order valence-corrected chi connectivity index (χ1v) is 11.7. The average Bonchev–Trinajstić information content (AvgIpc) is 2.65. The number of ether oxygens (including phenoxy) is 1. The van der Waals surface area contributed by atoms with Crippen LogP contribution in [0.2, 0.25) is 0 Å². The lowest BCUT2D eigenvalue weighted by Crippen LogP contribution is -2.48. The van der Waals surface area contributed by atoms with Crippen LogP contribution in [0.4, 0.5) is 10.1 Å². The van der Waals surface area contributed by atoms with Gasteiger partial charge in [-0.1, -0.05) is 18.2 Å². The summed E-state index contributed by atoms with van der Waals surface area (Å²) < 4.78 is 44.5. The maximum atomic E-state index is 13.5. The van der Waals surface area contributed by atoms with E-state index in [-0.39, 0.29) is 11.8 Å². The number of anilines is 1. The van der Waals surface area contributed by atoms with Gasteiger partial charge in [-0.3, -0.25) is 9.10 Å². The van der Waals surface area contributed by atoms with Crippen molar-refractivity contribution in [2.75, 3.05) is 17.1 Å². The zero-order chi connectivity index (χ0) is 22.3. The third-order valence-corrected chi connectivity index (χ3v) is 5.63. The number of hydrogen-bond donors (Lipinski definition) is 1. The lowest BCUT2D eigenvalue weighted by Gasteiger charge is -2.28. The summed E-state index contributed by atoms with van der Waals surface area (Å²) in [6, 6.07) is 12.0. The van der Waals surface area contributed by atoms with Gasteiger partial charge in [0.15, 0.2) is 0 Å². The van der Waals surface area contributed by atoms with Crippen molar-refractivity contribution in [3.05, 3.63) is 59.9 Å². The third-order valence-electron chi connectivity index (χ3n) is 4.39. The van der Waals surface area contributed by atoms with Crippen LogP contribution in [0.3, 0.4) is 0 Å². The highest BCUT2D eigenvalue weighted by Crippen LogP contribution is 2.21. The molecular weight excluding hydrogens is 407 g/mol. The molecule has 0 radical (unpaired) electrons. The van der Waals surface area contributed by atoms with Gasteiger partial charge in [0.05, 0.1) is 18.0 Å². The Hall–Kier alpha value is -2.61. The van der Waals surface area contributed by atoms with Crippen molar-refractivity contribution in [3.8, 4) is 5.75 Å². The number of carbonyl (C=O) groups is 1. The van der Waals surface area contributed by atoms with Crippen LogP contribution in [0.1, 0.15) is 32.8 Å². The maximum Gasteiger partial charge on any atom is 0.243 e. The molecular formula is C22H29FN2O4S. The number of aryl methyl sites for hydroxylation is 1. The second kappa shape index (κ2) is 10.4. The summed E-state index contributed by atoms with van der Waals surface area (Å²) in [5.74, 6) is -0.196. The van der Waals surface area contributed by atoms with E-state index in [4.69, 9.17) is 4.74 Å². The largest absolute Gasteiger partial charge is 0.491 e. The minimum Gasteiger partial charge on any atom is -0.491 e. The number of benzene rings is 2. The van der Waals surface area contributed by atoms with Crippen LogP contribution in [0.5, 0.6) is 5.75 Å². The van der Waals surface area contributed by atoms with Crippen LogP contribution in [-0.4, -0.2) is 39.3 Å². The molecule has 0 fully saturated rings. The first kappa shape index (κ1) is 23.7. The number of carbonyl (C=O) groups excluding carboxylic acids is 1. The standard InChI is InChI=1S/C22H29FN2O4S/c1-16(2)29-21-12-10-18(11-13-21)7-6-14-24-22(26)17(3)25(30(4,27)28)20-9-5-8-19(23)15-20/h5,8-13,15-17H,6-7,14H2,1-4H3,(H,24,26)/t17-/m0/s1. The Balaban J connectivity index is 1.91. The van der Waals surface area contributed by atoms with Gasteiger partial charge in [0.1, 0.15) is 17.6 Å². The minimum atomic E-state index is -3.77. The van der Waals surface area contributed by atoms with E-state index in [2.05, 4.69) is 5.32 Å². The zero-order valence-electron chi connectivity index (χ0n) is 17.8. The molecule has 0 heterocycles. The number of sulfonamides is 1. The molecule has 0 unspecified atom stereocenters. The summed E-state index contributed by atoms with van der Waals surface area (Å²) >= 11 is 0. The Labute approximate surface area is 178 Å². The monoisotopic (exact) mass is 436 g/mol. The Bertz CT molecular complexity index is 946. The molecule has 164 valence electrons. The molecule has 0 saturated heterocycles. The molecule has 8 heteroatoms. The lowest BCUT2D eigenvalue weighted by molar-refractivity contribution is -0.121. The van der Waals surface area contributed by atoms with E-state index in [0.29, 0.717) is 13.0 Å². The molecule has 0 aliphatic heterocycles. The van der Waals surface area contributed by atoms with Gasteiger partial charge in [0.25, 0.3) is 0 Å². The Morgan fingerprint density at radius 1 is 1.13 bits per heavy atom. The second-order valence-corrected chi connectivity index (χ2v) is 9.28. The molecule has 6 nitrogen and oxygen atoms in total. The van der Waals surface area contributed by atoms with E-state index in [1.807, 2.05) is 38.1 Å². The summed E-state index contributed by atoms with van der Waals surface area (Å²) in [4.78, 5) is 12.5. The molecule has 1 amide bonds. The number of hydrogen-bond acceptors (Lipinski definition) is 4. The van der Waals surface area contributed by atoms with Crippen LogP contribution >= 0.6 is 0 Å². The highest BCUT2D eigenvalue weighted by atomic mass is 32.2. The van der Waals surface area contributed by atoms with Crippen LogP contribution in [0, 0.1) is 5.82 Å². The van der Waals surface area contributed by atoms with E-state index in [1.165, 1.54) is 25.1 Å². The Kier molecular flexibility index (Phi) is 8.23. The van der Waals surface area contributed by atoms with E-state index < -0.39 is 27.8 Å². The van der Waals surface area contributed by atoms with Crippen molar-refractivity contribution >= 4 is 21.6 Å². The number of halogens is 1. The van der Waals surface area contributed by atoms with Crippen LogP contribution < -0.4 is 14.4 Å². The molecule has 0 aliphatic rings. The molecule has 0 saturated carbocycles. The topological polar surface area (TPSA) is 75.7 Å². The maximum absolute atomic E-state index is 13.5. The molecule has 0 aromatic heterocycles. The highest BCUT2D eigenvalue weighted by Gasteiger charge is 2.29. The van der Waals surface area contributed by atoms with Gasteiger partial charge in [0.2, 0.25) is 15.9 Å². The fraction of sp³-hybridized carbons (Fsp3) is 0.409. The van der Waals surface area contributed by atoms with Gasteiger partial charge in [-0.2, -0.15) is 0 Å². The van der Waals surface area contributed by atoms with Crippen molar-refractivity contribution < 1.29 is 22.3 Å². The normalized spacial score (nSPS) is 12.5. The van der Waals surface area contributed by atoms with Gasteiger partial charge < -0.3 is 10.1 Å². The van der Waals surface area contributed by atoms with Crippen LogP contribution in [-0.2, 0) is 21.2 Å². The van der Waals surface area contributed by atoms with Gasteiger partial charge in [-0.05, 0) is 69.5 Å². The molecule has 0 bridgehead atoms. The fourth-order valence-electron chi connectivity index (χ4n) is 3.08. The molecule has 1 atom stereocenters. The van der Waals surface area contributed by atoms with E-state index in [1.54, 1.807) is 0 Å². The molecule has 0 spiro atoms. The van der Waals surface area contributed by atoms with Crippen LogP contribution in [0.25, 0.3) is 0 Å². The molecule has 30 heavy (non-hydrogen) atoms. The summed E-state index contributed by atoms with van der Waals surface area (Å²) in [5, 5.41) is 2.76. The number of amides is 1. The summed E-state index contributed by atoms with van der Waals surface area (Å²) in [6.07, 6.45) is 2.57. The number of nitrogens with zero attached hydrogens (tertiary/aromatic N) is 1. The summed E-state index contributed by atoms with van der Waals surface area (Å²) in [7, 11) is -3.77. The van der Waals surface area contributed by atoms with Crippen molar-refractivity contribution in [2.24, 2.45) is 0 Å². The van der Waals surface area contributed by atoms with Gasteiger partial charge in [-0.15, -0.1) is 0 Å². The third kappa shape index (κ3) is 7.02. The first-order chi connectivity index (χ1) is 14.1. The number of nitrogens with one attached hydrogen (secondary N) is 1. The van der Waals surface area contributed by atoms with E-state index in [9.17, 15) is 17.6 Å². The van der Waals surface area contributed by atoms with Crippen molar-refractivity contribution in [3.63, 3.8) is 0 Å². The fourth-order valence-corrected chi connectivity index (χ4v) is 4.25. The van der Waals surface area contributed by atoms with Crippen molar-refractivity contribution in [1.82, 2.24) is 5.32 Å². The Morgan fingerprint density at radius 2 is 1.80 bits per heavy atom. The number of rotatable bonds is 10. The summed E-state index contributed by atoms with van der Waals surface area (Å²) in [5.41, 5.74) is 1.23. The van der Waals surface area contributed by atoms with E-state index >= 15 is 0 Å². The van der Waals surface area contributed by atoms with Gasteiger partial charge in [-0.25, -0.2) is 12.8 Å².